The molecule has 2 rings (SSSR count). The molecule has 2 fully saturated rings. The Bertz CT molecular complexity index is 698. The van der Waals surface area contributed by atoms with E-state index in [1.807, 2.05) is 20.8 Å². The van der Waals surface area contributed by atoms with Crippen LogP contribution >= 0.6 is 0 Å². The summed E-state index contributed by atoms with van der Waals surface area (Å²) < 4.78 is 17.7. The first kappa shape index (κ1) is 30.7. The molecule has 1 aliphatic heterocycles. The molecule has 196 valence electrons. The van der Waals surface area contributed by atoms with Crippen molar-refractivity contribution >= 4 is 19.3 Å². The fourth-order valence-electron chi connectivity index (χ4n) is 4.81. The van der Waals surface area contributed by atoms with E-state index in [0.717, 1.165) is 31.7 Å². The van der Waals surface area contributed by atoms with Gasteiger partial charge in [0.1, 0.15) is 5.60 Å². The van der Waals surface area contributed by atoms with Gasteiger partial charge in [-0.1, -0.05) is 40.5 Å². The first-order valence-corrected chi connectivity index (χ1v) is 12.7. The minimum absolute atomic E-state index is 0.1000. The van der Waals surface area contributed by atoms with Gasteiger partial charge < -0.3 is 19.4 Å². The number of carbonyl (C=O) groups is 1. The van der Waals surface area contributed by atoms with E-state index in [1.54, 1.807) is 0 Å². The van der Waals surface area contributed by atoms with E-state index >= 15 is 0 Å². The number of alkyl carbamates (subject to hydrolysis) is 1. The van der Waals surface area contributed by atoms with Gasteiger partial charge in [0.05, 0.1) is 11.2 Å². The number of unbranched alkanes of at least 4 members (excludes halogenated alkanes) is 1. The maximum atomic E-state index is 12.1. The van der Waals surface area contributed by atoms with Crippen LogP contribution in [0.1, 0.15) is 108 Å². The van der Waals surface area contributed by atoms with Gasteiger partial charge in [0, 0.05) is 6.04 Å². The summed E-state index contributed by atoms with van der Waals surface area (Å²) in [6.07, 6.45) is 6.91. The van der Waals surface area contributed by atoms with E-state index in [4.69, 9.17) is 24.2 Å². The smallest absolute Gasteiger partial charge is 0.444 e. The summed E-state index contributed by atoms with van der Waals surface area (Å²) in [5, 5.41) is 8.45. The Kier molecular flexibility index (Phi) is 10.0. The number of hydrogen-bond donors (Lipinski definition) is 2. The van der Waals surface area contributed by atoms with Gasteiger partial charge in [-0.15, -0.1) is 0 Å². The summed E-state index contributed by atoms with van der Waals surface area (Å²) in [5.74, 6) is 0.615. The fourth-order valence-corrected chi connectivity index (χ4v) is 4.81. The molecule has 34 heavy (non-hydrogen) atoms. The standard InChI is InChI=1S/C25H48BNO4.CHNO/c1-21(2,3)25(11,18-16-19(17-18)27-20(28)29-22(4,5)6)14-12-13-15-26-30-23(7,8)24(9,10)31-26;2-1-3/h18-19H,12-17H2,1-11H3,(H,27,28);2H. The molecule has 1 atom stereocenters. The maximum absolute atomic E-state index is 12.1. The normalized spacial score (nSPS) is 25.2. The zero-order valence-corrected chi connectivity index (χ0v) is 23.5. The van der Waals surface area contributed by atoms with Crippen LogP contribution < -0.4 is 5.32 Å². The Morgan fingerprint density at radius 2 is 1.50 bits per heavy atom. The highest BCUT2D eigenvalue weighted by Gasteiger charge is 2.51. The molecule has 0 radical (unpaired) electrons. The summed E-state index contributed by atoms with van der Waals surface area (Å²) in [6.45, 7) is 23.7. The Morgan fingerprint density at radius 3 is 1.91 bits per heavy atom. The van der Waals surface area contributed by atoms with Crippen LogP contribution in [0.3, 0.4) is 0 Å². The molecule has 1 aliphatic carbocycles. The summed E-state index contributed by atoms with van der Waals surface area (Å²) >= 11 is 0. The number of carbonyl (C=O) groups excluding carboxylic acids is 2. The number of isocyanates is 1. The van der Waals surface area contributed by atoms with Crippen molar-refractivity contribution in [3.63, 3.8) is 0 Å². The van der Waals surface area contributed by atoms with Gasteiger partial charge in [-0.25, -0.2) is 15.0 Å². The van der Waals surface area contributed by atoms with Crippen LogP contribution in [0, 0.1) is 22.2 Å². The molecule has 7 nitrogen and oxygen atoms in total. The van der Waals surface area contributed by atoms with Crippen LogP contribution in [0.5, 0.6) is 0 Å². The van der Waals surface area contributed by atoms with Crippen molar-refractivity contribution in [3.05, 3.63) is 0 Å². The van der Waals surface area contributed by atoms with Crippen molar-refractivity contribution < 1.29 is 23.6 Å². The minimum Gasteiger partial charge on any atom is -0.444 e. The van der Waals surface area contributed by atoms with Crippen LogP contribution in [-0.4, -0.2) is 42.1 Å². The van der Waals surface area contributed by atoms with E-state index in [-0.39, 0.29) is 41.3 Å². The molecule has 2 aliphatic rings. The second-order valence-corrected chi connectivity index (χ2v) is 13.2. The predicted molar refractivity (Wildman–Crippen MR) is 137 cm³/mol. The maximum Gasteiger partial charge on any atom is 0.457 e. The molecule has 1 heterocycles. The zero-order chi connectivity index (χ0) is 26.6. The molecular formula is C26H49BN2O5. The number of hydrogen-bond acceptors (Lipinski definition) is 6. The summed E-state index contributed by atoms with van der Waals surface area (Å²) in [6, 6.07) is 0.228. The van der Waals surface area contributed by atoms with Gasteiger partial charge in [-0.2, -0.15) is 0 Å². The molecule has 0 aromatic carbocycles. The monoisotopic (exact) mass is 480 g/mol. The Balaban J connectivity index is 0.00000182. The summed E-state index contributed by atoms with van der Waals surface area (Å²) in [4.78, 5) is 20.4. The van der Waals surface area contributed by atoms with Crippen molar-refractivity contribution in [1.82, 2.24) is 5.32 Å². The highest BCUT2D eigenvalue weighted by atomic mass is 16.7. The van der Waals surface area contributed by atoms with Crippen LogP contribution in [0.15, 0.2) is 0 Å². The topological polar surface area (TPSA) is 97.7 Å². The van der Waals surface area contributed by atoms with E-state index < -0.39 is 5.60 Å². The molecular weight excluding hydrogens is 431 g/mol. The Hall–Kier alpha value is -1.37. The van der Waals surface area contributed by atoms with E-state index in [0.29, 0.717) is 5.92 Å². The van der Waals surface area contributed by atoms with Crippen molar-refractivity contribution in [2.45, 2.75) is 137 Å². The Morgan fingerprint density at radius 1 is 1.03 bits per heavy atom. The molecule has 1 unspecified atom stereocenters. The molecule has 1 saturated carbocycles. The zero-order valence-electron chi connectivity index (χ0n) is 23.5. The van der Waals surface area contributed by atoms with Gasteiger partial charge in [-0.3, -0.25) is 0 Å². The van der Waals surface area contributed by atoms with Crippen molar-refractivity contribution in [1.29, 1.82) is 5.41 Å². The highest BCUT2D eigenvalue weighted by Crippen LogP contribution is 2.55. The molecule has 0 aromatic rings. The average Bonchev–Trinajstić information content (AvgIpc) is 2.79. The molecule has 0 aromatic heterocycles. The molecule has 0 bridgehead atoms. The van der Waals surface area contributed by atoms with Gasteiger partial charge in [0.25, 0.3) is 0 Å². The third-order valence-corrected chi connectivity index (χ3v) is 8.16. The minimum atomic E-state index is -0.454. The second kappa shape index (κ2) is 11.1. The fraction of sp³-hybridized carbons (Fsp3) is 0.923. The number of nitrogens with one attached hydrogen (secondary N) is 2. The van der Waals surface area contributed by atoms with E-state index in [2.05, 4.69) is 60.7 Å². The average molecular weight is 480 g/mol. The lowest BCUT2D eigenvalue weighted by atomic mass is 9.52. The summed E-state index contributed by atoms with van der Waals surface area (Å²) in [7, 11) is -0.1000. The summed E-state index contributed by atoms with van der Waals surface area (Å²) in [5.41, 5.74) is -0.516. The van der Waals surface area contributed by atoms with Crippen molar-refractivity contribution in [2.24, 2.45) is 16.7 Å². The predicted octanol–water partition coefficient (Wildman–Crippen LogP) is 6.51. The molecule has 0 spiro atoms. The van der Waals surface area contributed by atoms with Crippen LogP contribution in [0.4, 0.5) is 4.79 Å². The van der Waals surface area contributed by atoms with E-state index in [1.165, 1.54) is 12.8 Å². The SMILES string of the molecule is CC(C)(C)OC(=O)NC1CC(C(C)(CCCCB2OC(C)(C)C(C)(C)O2)C(C)(C)C)C1.N=C=O. The second-order valence-electron chi connectivity index (χ2n) is 13.2. The van der Waals surface area contributed by atoms with Crippen LogP contribution in [0.2, 0.25) is 6.32 Å². The van der Waals surface area contributed by atoms with Crippen LogP contribution in [0.25, 0.3) is 0 Å². The van der Waals surface area contributed by atoms with Crippen LogP contribution in [-0.2, 0) is 18.8 Å². The third-order valence-electron chi connectivity index (χ3n) is 8.16. The van der Waals surface area contributed by atoms with Crippen molar-refractivity contribution in [2.75, 3.05) is 0 Å². The van der Waals surface area contributed by atoms with Gasteiger partial charge in [-0.05, 0) is 90.8 Å². The molecule has 8 heteroatoms. The first-order chi connectivity index (χ1) is 15.3. The van der Waals surface area contributed by atoms with Gasteiger partial charge in [0.2, 0.25) is 6.08 Å². The quantitative estimate of drug-likeness (QED) is 0.187. The van der Waals surface area contributed by atoms with Gasteiger partial charge >= 0.3 is 13.2 Å². The number of amides is 1. The Labute approximate surface area is 208 Å². The lowest BCUT2D eigenvalue weighted by Gasteiger charge is -2.54. The lowest BCUT2D eigenvalue weighted by molar-refractivity contribution is -0.0345. The highest BCUT2D eigenvalue weighted by molar-refractivity contribution is 6.45. The molecule has 1 saturated heterocycles. The lowest BCUT2D eigenvalue weighted by Crippen LogP contribution is -2.53. The van der Waals surface area contributed by atoms with Gasteiger partial charge in [0.15, 0.2) is 0 Å². The van der Waals surface area contributed by atoms with E-state index in [9.17, 15) is 4.79 Å². The largest absolute Gasteiger partial charge is 0.457 e. The number of ether oxygens (including phenoxy) is 1. The first-order valence-electron chi connectivity index (χ1n) is 12.7. The van der Waals surface area contributed by atoms with Crippen molar-refractivity contribution in [3.8, 4) is 0 Å². The molecule has 2 N–H and O–H groups in total. The third kappa shape index (κ3) is 8.10. The number of rotatable bonds is 7. The molecule has 1 amide bonds.